The fraction of sp³-hybridized carbons (Fsp3) is 0.364. The normalized spacial score (nSPS) is 20.0. The van der Waals surface area contributed by atoms with Crippen molar-refractivity contribution in [3.05, 3.63) is 52.6 Å². The fourth-order valence-corrected chi connectivity index (χ4v) is 6.14. The summed E-state index contributed by atoms with van der Waals surface area (Å²) in [6, 6.07) is 10.4. The van der Waals surface area contributed by atoms with Crippen LogP contribution in [0.4, 0.5) is 17.1 Å². The molecule has 0 radical (unpaired) electrons. The first kappa shape index (κ1) is 22.9. The Bertz CT molecular complexity index is 1360. The number of hydrogen-bond donors (Lipinski definition) is 1. The van der Waals surface area contributed by atoms with Crippen LogP contribution in [0.15, 0.2) is 57.6 Å². The number of fused-ring (bicyclic) bond motifs is 1. The Morgan fingerprint density at radius 3 is 2.58 bits per heavy atom. The smallest absolute Gasteiger partial charge is 0.270 e. The fourth-order valence-electron chi connectivity index (χ4n) is 4.34. The maximum atomic E-state index is 13.5. The molecule has 1 saturated heterocycles. The Kier molecular flexibility index (Phi) is 5.93. The summed E-state index contributed by atoms with van der Waals surface area (Å²) in [5.41, 5.74) is 0.545. The summed E-state index contributed by atoms with van der Waals surface area (Å²) in [6.45, 7) is 4.23. The molecule has 0 aliphatic carbocycles. The second-order valence-electron chi connectivity index (χ2n) is 8.45. The molecule has 1 aromatic heterocycles. The zero-order valence-electron chi connectivity index (χ0n) is 18.5. The van der Waals surface area contributed by atoms with Crippen LogP contribution in [0.1, 0.15) is 26.7 Å². The van der Waals surface area contributed by atoms with Crippen molar-refractivity contribution in [3.63, 3.8) is 0 Å². The maximum Gasteiger partial charge on any atom is 0.270 e. The molecule has 0 saturated carbocycles. The van der Waals surface area contributed by atoms with Crippen molar-refractivity contribution in [2.24, 2.45) is 23.2 Å². The van der Waals surface area contributed by atoms with Crippen LogP contribution in [0.2, 0.25) is 0 Å². The van der Waals surface area contributed by atoms with E-state index in [9.17, 15) is 23.6 Å². The van der Waals surface area contributed by atoms with Gasteiger partial charge in [-0.05, 0) is 37.8 Å². The molecule has 0 bridgehead atoms. The summed E-state index contributed by atoms with van der Waals surface area (Å²) in [7, 11) is -2.39. The van der Waals surface area contributed by atoms with Crippen molar-refractivity contribution in [3.8, 4) is 5.88 Å². The van der Waals surface area contributed by atoms with Gasteiger partial charge in [0, 0.05) is 37.2 Å². The van der Waals surface area contributed by atoms with Gasteiger partial charge < -0.3 is 9.67 Å². The number of aryl methyl sites for hydroxylation is 1. The number of nitro groups is 1. The third-order valence-corrected chi connectivity index (χ3v) is 8.17. The largest absolute Gasteiger partial charge is 0.493 e. The van der Waals surface area contributed by atoms with Gasteiger partial charge in [0.1, 0.15) is 10.6 Å². The lowest BCUT2D eigenvalue weighted by atomic mass is 9.95. The highest BCUT2D eigenvalue weighted by atomic mass is 32.2. The predicted octanol–water partition coefficient (Wildman–Crippen LogP) is 5.02. The van der Waals surface area contributed by atoms with E-state index in [1.807, 2.05) is 19.1 Å². The van der Waals surface area contributed by atoms with E-state index >= 15 is 0 Å². The molecule has 2 aromatic carbocycles. The van der Waals surface area contributed by atoms with Gasteiger partial charge in [-0.25, -0.2) is 8.42 Å². The quantitative estimate of drug-likeness (QED) is 0.317. The van der Waals surface area contributed by atoms with E-state index in [2.05, 4.69) is 17.2 Å². The van der Waals surface area contributed by atoms with Crippen molar-refractivity contribution in [2.45, 2.75) is 37.6 Å². The average Bonchev–Trinajstić information content (AvgIpc) is 3.02. The number of hydrogen-bond acceptors (Lipinski definition) is 7. The third kappa shape index (κ3) is 4.09. The molecule has 2 heterocycles. The minimum atomic E-state index is -4.07. The van der Waals surface area contributed by atoms with Gasteiger partial charge >= 0.3 is 0 Å². The first-order valence-electron chi connectivity index (χ1n) is 10.6. The van der Waals surface area contributed by atoms with Crippen LogP contribution < -0.4 is 0 Å². The SMILES string of the molecule is C[C@@H]1CCN(S(=O)(=O)c2cc([N+](=O)[O-])ccc2N=Nc2c(O)n(C)c3ccccc23)[C@H](C)C1. The van der Waals surface area contributed by atoms with Gasteiger partial charge in [0.05, 0.1) is 10.4 Å². The number of aromatic hydroxyl groups is 1. The van der Waals surface area contributed by atoms with Crippen molar-refractivity contribution in [1.29, 1.82) is 0 Å². The van der Waals surface area contributed by atoms with Crippen LogP contribution in [-0.4, -0.2) is 39.9 Å². The van der Waals surface area contributed by atoms with Crippen LogP contribution in [-0.2, 0) is 17.1 Å². The summed E-state index contributed by atoms with van der Waals surface area (Å²) in [4.78, 5) is 10.4. The Morgan fingerprint density at radius 1 is 1.15 bits per heavy atom. The highest BCUT2D eigenvalue weighted by Crippen LogP contribution is 2.40. The van der Waals surface area contributed by atoms with Crippen molar-refractivity contribution in [2.75, 3.05) is 6.54 Å². The second kappa shape index (κ2) is 8.56. The van der Waals surface area contributed by atoms with Crippen LogP contribution in [0.3, 0.4) is 0 Å². The molecule has 174 valence electrons. The lowest BCUT2D eigenvalue weighted by Gasteiger charge is -2.35. The zero-order valence-corrected chi connectivity index (χ0v) is 19.4. The van der Waals surface area contributed by atoms with Gasteiger partial charge in [-0.2, -0.15) is 4.31 Å². The number of sulfonamides is 1. The van der Waals surface area contributed by atoms with E-state index in [0.717, 1.165) is 11.6 Å². The molecule has 4 rings (SSSR count). The topological polar surface area (TPSA) is 130 Å². The number of azo groups is 1. The number of nitrogens with zero attached hydrogens (tertiary/aromatic N) is 5. The van der Waals surface area contributed by atoms with Crippen molar-refractivity contribution in [1.82, 2.24) is 8.87 Å². The number of para-hydroxylation sites is 1. The summed E-state index contributed by atoms with van der Waals surface area (Å²) in [5.74, 6) is 0.273. The molecule has 11 heteroatoms. The van der Waals surface area contributed by atoms with E-state index in [4.69, 9.17) is 0 Å². The molecule has 0 unspecified atom stereocenters. The van der Waals surface area contributed by atoms with Crippen molar-refractivity contribution < 1.29 is 18.4 Å². The Balaban J connectivity index is 1.82. The molecular formula is C22H25N5O5S. The van der Waals surface area contributed by atoms with E-state index in [1.165, 1.54) is 16.4 Å². The number of piperidine rings is 1. The highest BCUT2D eigenvalue weighted by molar-refractivity contribution is 7.89. The van der Waals surface area contributed by atoms with Gasteiger partial charge in [0.15, 0.2) is 5.69 Å². The summed E-state index contributed by atoms with van der Waals surface area (Å²) >= 11 is 0. The highest BCUT2D eigenvalue weighted by Gasteiger charge is 2.35. The molecule has 1 aliphatic rings. The number of nitro benzene ring substituents is 1. The molecule has 0 spiro atoms. The predicted molar refractivity (Wildman–Crippen MR) is 124 cm³/mol. The lowest BCUT2D eigenvalue weighted by molar-refractivity contribution is -0.385. The molecule has 0 amide bonds. The lowest BCUT2D eigenvalue weighted by Crippen LogP contribution is -2.44. The molecule has 3 aromatic rings. The van der Waals surface area contributed by atoms with Gasteiger partial charge in [-0.3, -0.25) is 10.1 Å². The maximum absolute atomic E-state index is 13.5. The Hall–Kier alpha value is -3.31. The molecular weight excluding hydrogens is 446 g/mol. The second-order valence-corrected chi connectivity index (χ2v) is 10.3. The summed E-state index contributed by atoms with van der Waals surface area (Å²) < 4.78 is 30.0. The number of non-ortho nitro benzene ring substituents is 1. The number of aromatic nitrogens is 1. The van der Waals surface area contributed by atoms with Crippen LogP contribution in [0.25, 0.3) is 10.9 Å². The minimum absolute atomic E-state index is 0.0289. The molecule has 1 N–H and O–H groups in total. The molecule has 10 nitrogen and oxygen atoms in total. The summed E-state index contributed by atoms with van der Waals surface area (Å²) in [5, 5.41) is 30.8. The zero-order chi connectivity index (χ0) is 23.9. The monoisotopic (exact) mass is 471 g/mol. The molecule has 1 fully saturated rings. The standard InChI is InChI=1S/C22H25N5O5S/c1-14-10-11-26(15(2)12-14)33(31,32)20-13-16(27(29)30)8-9-18(20)23-24-21-17-6-4-5-7-19(17)25(3)22(21)28/h4-9,13-15,28H,10-12H2,1-3H3/t14-,15-/m1/s1. The summed E-state index contributed by atoms with van der Waals surface area (Å²) in [6.07, 6.45) is 1.41. The van der Waals surface area contributed by atoms with Crippen molar-refractivity contribution >= 4 is 38.0 Å². The first-order chi connectivity index (χ1) is 15.6. The van der Waals surface area contributed by atoms with Crippen LogP contribution in [0, 0.1) is 16.0 Å². The Morgan fingerprint density at radius 2 is 1.88 bits per heavy atom. The van der Waals surface area contributed by atoms with E-state index < -0.39 is 14.9 Å². The van der Waals surface area contributed by atoms with Crippen LogP contribution >= 0.6 is 0 Å². The molecule has 1 aliphatic heterocycles. The molecule has 2 atom stereocenters. The van der Waals surface area contributed by atoms with Gasteiger partial charge in [-0.1, -0.05) is 25.1 Å². The minimum Gasteiger partial charge on any atom is -0.493 e. The first-order valence-corrected chi connectivity index (χ1v) is 12.0. The molecule has 33 heavy (non-hydrogen) atoms. The van der Waals surface area contributed by atoms with Gasteiger partial charge in [0.2, 0.25) is 15.9 Å². The van der Waals surface area contributed by atoms with E-state index in [1.54, 1.807) is 23.7 Å². The number of benzene rings is 2. The van der Waals surface area contributed by atoms with Crippen LogP contribution in [0.5, 0.6) is 5.88 Å². The van der Waals surface area contributed by atoms with E-state index in [0.29, 0.717) is 30.7 Å². The third-order valence-electron chi connectivity index (χ3n) is 6.13. The van der Waals surface area contributed by atoms with Gasteiger partial charge in [-0.15, -0.1) is 10.2 Å². The number of rotatable bonds is 5. The van der Waals surface area contributed by atoms with Gasteiger partial charge in [0.25, 0.3) is 5.69 Å². The average molecular weight is 472 g/mol. The van der Waals surface area contributed by atoms with E-state index in [-0.39, 0.29) is 33.9 Å². The Labute approximate surface area is 191 Å².